The zero-order chi connectivity index (χ0) is 12.6. The molecule has 0 aromatic rings. The first-order chi connectivity index (χ1) is 7.92. The lowest BCUT2D eigenvalue weighted by molar-refractivity contribution is -0.0222. The van der Waals surface area contributed by atoms with Crippen molar-refractivity contribution in [1.82, 2.24) is 10.2 Å². The van der Waals surface area contributed by atoms with Gasteiger partial charge in [-0.15, -0.1) is 0 Å². The van der Waals surface area contributed by atoms with Crippen LogP contribution in [-0.2, 0) is 0 Å². The summed E-state index contributed by atoms with van der Waals surface area (Å²) >= 11 is 0. The molecule has 2 fully saturated rings. The lowest BCUT2D eigenvalue weighted by atomic mass is 9.75. The maximum atomic E-state index is 3.55. The molecule has 0 saturated carbocycles. The van der Waals surface area contributed by atoms with Crippen molar-refractivity contribution in [2.24, 2.45) is 17.3 Å². The van der Waals surface area contributed by atoms with Gasteiger partial charge in [0.25, 0.3) is 0 Å². The number of piperidine rings is 2. The standard InChI is InChI=1S/C15H30N2/c1-11-8-12(2)13(3)17(9-11)14-6-7-16-10-15(14,4)5/h11-14,16H,6-10H2,1-5H3. The smallest absolute Gasteiger partial charge is 0.0174 e. The minimum absolute atomic E-state index is 0.420. The summed E-state index contributed by atoms with van der Waals surface area (Å²) in [5.74, 6) is 1.72. The molecule has 2 nitrogen and oxygen atoms in total. The van der Waals surface area contributed by atoms with Crippen LogP contribution in [0.25, 0.3) is 0 Å². The molecule has 0 aromatic carbocycles. The number of hydrogen-bond donors (Lipinski definition) is 1. The highest BCUT2D eigenvalue weighted by Crippen LogP contribution is 2.36. The highest BCUT2D eigenvalue weighted by Gasteiger charge is 2.41. The van der Waals surface area contributed by atoms with Crippen LogP contribution in [0.4, 0.5) is 0 Å². The van der Waals surface area contributed by atoms with Crippen molar-refractivity contribution in [3.63, 3.8) is 0 Å². The van der Waals surface area contributed by atoms with Gasteiger partial charge in [-0.05, 0) is 43.6 Å². The molecule has 2 heteroatoms. The Hall–Kier alpha value is -0.0800. The van der Waals surface area contributed by atoms with Gasteiger partial charge in [-0.1, -0.05) is 27.7 Å². The minimum Gasteiger partial charge on any atom is -0.316 e. The fraction of sp³-hybridized carbons (Fsp3) is 1.00. The maximum Gasteiger partial charge on any atom is 0.0174 e. The summed E-state index contributed by atoms with van der Waals surface area (Å²) in [7, 11) is 0. The Balaban J connectivity index is 2.13. The van der Waals surface area contributed by atoms with E-state index >= 15 is 0 Å². The van der Waals surface area contributed by atoms with E-state index in [9.17, 15) is 0 Å². The predicted octanol–water partition coefficient (Wildman–Crippen LogP) is 2.74. The predicted molar refractivity (Wildman–Crippen MR) is 74.2 cm³/mol. The summed E-state index contributed by atoms with van der Waals surface area (Å²) in [5, 5.41) is 3.55. The van der Waals surface area contributed by atoms with Crippen LogP contribution in [-0.4, -0.2) is 36.6 Å². The molecule has 100 valence electrons. The Morgan fingerprint density at radius 3 is 2.53 bits per heavy atom. The van der Waals surface area contributed by atoms with Crippen molar-refractivity contribution in [3.05, 3.63) is 0 Å². The zero-order valence-corrected chi connectivity index (χ0v) is 12.3. The lowest BCUT2D eigenvalue weighted by Crippen LogP contribution is -2.60. The molecule has 2 saturated heterocycles. The van der Waals surface area contributed by atoms with Gasteiger partial charge in [0.05, 0.1) is 0 Å². The molecular formula is C15H30N2. The Morgan fingerprint density at radius 2 is 1.88 bits per heavy atom. The van der Waals surface area contributed by atoms with Crippen LogP contribution in [0.5, 0.6) is 0 Å². The molecule has 4 atom stereocenters. The lowest BCUT2D eigenvalue weighted by Gasteiger charge is -2.52. The molecule has 2 aliphatic heterocycles. The fourth-order valence-corrected chi connectivity index (χ4v) is 3.94. The number of nitrogens with one attached hydrogen (secondary N) is 1. The summed E-state index contributed by atoms with van der Waals surface area (Å²) in [5.41, 5.74) is 0.420. The summed E-state index contributed by atoms with van der Waals surface area (Å²) in [6.07, 6.45) is 2.72. The first-order valence-electron chi connectivity index (χ1n) is 7.38. The van der Waals surface area contributed by atoms with Crippen LogP contribution in [0.3, 0.4) is 0 Å². The molecule has 2 aliphatic rings. The molecule has 0 amide bonds. The highest BCUT2D eigenvalue weighted by molar-refractivity contribution is 4.96. The quantitative estimate of drug-likeness (QED) is 0.755. The summed E-state index contributed by atoms with van der Waals surface area (Å²) in [6.45, 7) is 15.8. The Bertz CT molecular complexity index is 262. The molecule has 0 radical (unpaired) electrons. The zero-order valence-electron chi connectivity index (χ0n) is 12.3. The van der Waals surface area contributed by atoms with Crippen molar-refractivity contribution in [2.45, 2.75) is 59.5 Å². The molecule has 1 N–H and O–H groups in total. The van der Waals surface area contributed by atoms with Gasteiger partial charge in [-0.3, -0.25) is 4.90 Å². The van der Waals surface area contributed by atoms with Gasteiger partial charge in [0.15, 0.2) is 0 Å². The van der Waals surface area contributed by atoms with E-state index in [0.29, 0.717) is 5.41 Å². The number of nitrogens with zero attached hydrogens (tertiary/aromatic N) is 1. The van der Waals surface area contributed by atoms with Gasteiger partial charge in [-0.25, -0.2) is 0 Å². The van der Waals surface area contributed by atoms with Gasteiger partial charge in [0.1, 0.15) is 0 Å². The highest BCUT2D eigenvalue weighted by atomic mass is 15.2. The largest absolute Gasteiger partial charge is 0.316 e. The monoisotopic (exact) mass is 238 g/mol. The normalized spacial score (nSPS) is 43.6. The first-order valence-corrected chi connectivity index (χ1v) is 7.38. The number of rotatable bonds is 1. The molecule has 0 bridgehead atoms. The topological polar surface area (TPSA) is 15.3 Å². The van der Waals surface area contributed by atoms with Crippen LogP contribution in [0.2, 0.25) is 0 Å². The molecular weight excluding hydrogens is 208 g/mol. The SMILES string of the molecule is CC1CC(C)C(C)N(C2CCNCC2(C)C)C1. The number of likely N-dealkylation sites (tertiary alicyclic amines) is 1. The average molecular weight is 238 g/mol. The van der Waals surface area contributed by atoms with E-state index in [2.05, 4.69) is 44.8 Å². The second kappa shape index (κ2) is 4.89. The first kappa shape index (κ1) is 13.4. The third-order valence-corrected chi connectivity index (χ3v) is 5.12. The van der Waals surface area contributed by atoms with Crippen molar-refractivity contribution in [2.75, 3.05) is 19.6 Å². The van der Waals surface area contributed by atoms with Crippen molar-refractivity contribution in [3.8, 4) is 0 Å². The van der Waals surface area contributed by atoms with Crippen LogP contribution in [0, 0.1) is 17.3 Å². The van der Waals surface area contributed by atoms with Crippen LogP contribution in [0.15, 0.2) is 0 Å². The third-order valence-electron chi connectivity index (χ3n) is 5.12. The van der Waals surface area contributed by atoms with E-state index in [-0.39, 0.29) is 0 Å². The minimum atomic E-state index is 0.420. The fourth-order valence-electron chi connectivity index (χ4n) is 3.94. The van der Waals surface area contributed by atoms with Gasteiger partial charge >= 0.3 is 0 Å². The molecule has 4 unspecified atom stereocenters. The van der Waals surface area contributed by atoms with Gasteiger partial charge < -0.3 is 5.32 Å². The van der Waals surface area contributed by atoms with E-state index in [0.717, 1.165) is 23.9 Å². The van der Waals surface area contributed by atoms with E-state index in [1.54, 1.807) is 0 Å². The van der Waals surface area contributed by atoms with E-state index in [1.165, 1.54) is 32.5 Å². The molecule has 0 aromatic heterocycles. The Labute approximate surface area is 107 Å². The van der Waals surface area contributed by atoms with E-state index in [1.807, 2.05) is 0 Å². The Morgan fingerprint density at radius 1 is 1.18 bits per heavy atom. The molecule has 17 heavy (non-hydrogen) atoms. The molecule has 0 spiro atoms. The van der Waals surface area contributed by atoms with Crippen LogP contribution in [0.1, 0.15) is 47.5 Å². The number of hydrogen-bond acceptors (Lipinski definition) is 2. The molecule has 2 heterocycles. The van der Waals surface area contributed by atoms with Gasteiger partial charge in [0.2, 0.25) is 0 Å². The third kappa shape index (κ3) is 2.68. The second-order valence-electron chi connectivity index (χ2n) is 7.23. The van der Waals surface area contributed by atoms with Crippen LogP contribution >= 0.6 is 0 Å². The van der Waals surface area contributed by atoms with Crippen molar-refractivity contribution >= 4 is 0 Å². The summed E-state index contributed by atoms with van der Waals surface area (Å²) in [4.78, 5) is 2.82. The Kier molecular flexibility index (Phi) is 3.84. The van der Waals surface area contributed by atoms with Crippen molar-refractivity contribution in [1.29, 1.82) is 0 Å². The van der Waals surface area contributed by atoms with Crippen molar-refractivity contribution < 1.29 is 0 Å². The second-order valence-corrected chi connectivity index (χ2v) is 7.23. The summed E-state index contributed by atoms with van der Waals surface area (Å²) < 4.78 is 0. The van der Waals surface area contributed by atoms with Gasteiger partial charge in [-0.2, -0.15) is 0 Å². The maximum absolute atomic E-state index is 3.55. The van der Waals surface area contributed by atoms with Crippen LogP contribution < -0.4 is 5.32 Å². The van der Waals surface area contributed by atoms with Gasteiger partial charge in [0, 0.05) is 25.2 Å². The molecule has 2 rings (SSSR count). The average Bonchev–Trinajstić information content (AvgIpc) is 2.23. The van der Waals surface area contributed by atoms with E-state index in [4.69, 9.17) is 0 Å². The summed E-state index contributed by atoms with van der Waals surface area (Å²) in [6, 6.07) is 1.53. The van der Waals surface area contributed by atoms with E-state index < -0.39 is 0 Å². The molecule has 0 aliphatic carbocycles.